The first kappa shape index (κ1) is 15.9. The van der Waals surface area contributed by atoms with Gasteiger partial charge in [-0.15, -0.1) is 11.3 Å². The van der Waals surface area contributed by atoms with Gasteiger partial charge in [-0.05, 0) is 30.5 Å². The molecule has 3 heterocycles. The van der Waals surface area contributed by atoms with Gasteiger partial charge in [0, 0.05) is 31.9 Å². The van der Waals surface area contributed by atoms with Crippen molar-refractivity contribution in [3.63, 3.8) is 0 Å². The lowest BCUT2D eigenvalue weighted by molar-refractivity contribution is 0.0747. The second kappa shape index (κ2) is 6.72. The standard InChI is InChI=1S/C19H20N4OS/c1-14-4-6-15(7-5-14)22-8-10-23(11-9-22)19(24)16-13-20-21-18(16)17-3-2-12-25-17/h2-7,12-13H,8-11H2,1H3,(H,20,21). The number of aryl methyl sites for hydroxylation is 1. The van der Waals surface area contributed by atoms with E-state index in [0.717, 1.165) is 36.8 Å². The molecule has 1 saturated heterocycles. The summed E-state index contributed by atoms with van der Waals surface area (Å²) in [4.78, 5) is 18.2. The predicted octanol–water partition coefficient (Wildman–Crippen LogP) is 3.41. The number of amides is 1. The van der Waals surface area contributed by atoms with Gasteiger partial charge in [0.05, 0.1) is 22.3 Å². The lowest BCUT2D eigenvalue weighted by Crippen LogP contribution is -2.48. The number of carbonyl (C=O) groups excluding carboxylic acids is 1. The van der Waals surface area contributed by atoms with E-state index in [1.807, 2.05) is 22.4 Å². The SMILES string of the molecule is Cc1ccc(N2CCN(C(=O)c3cn[nH]c3-c3cccs3)CC2)cc1. The number of rotatable bonds is 3. The molecule has 1 aliphatic rings. The van der Waals surface area contributed by atoms with Crippen LogP contribution < -0.4 is 4.90 Å². The molecule has 0 unspecified atom stereocenters. The van der Waals surface area contributed by atoms with Gasteiger partial charge in [-0.3, -0.25) is 9.89 Å². The summed E-state index contributed by atoms with van der Waals surface area (Å²) in [6, 6.07) is 12.5. The van der Waals surface area contributed by atoms with E-state index in [0.29, 0.717) is 5.56 Å². The van der Waals surface area contributed by atoms with Crippen molar-refractivity contribution in [2.24, 2.45) is 0 Å². The van der Waals surface area contributed by atoms with Crippen molar-refractivity contribution in [3.8, 4) is 10.6 Å². The molecule has 4 rings (SSSR count). The maximum atomic E-state index is 12.9. The van der Waals surface area contributed by atoms with Crippen LogP contribution in [0.1, 0.15) is 15.9 Å². The Morgan fingerprint density at radius 1 is 1.12 bits per heavy atom. The van der Waals surface area contributed by atoms with Crippen LogP contribution in [0.25, 0.3) is 10.6 Å². The van der Waals surface area contributed by atoms with Crippen molar-refractivity contribution >= 4 is 22.9 Å². The van der Waals surface area contributed by atoms with Crippen LogP contribution in [0.2, 0.25) is 0 Å². The normalized spacial score (nSPS) is 14.8. The van der Waals surface area contributed by atoms with Crippen LogP contribution in [0.3, 0.4) is 0 Å². The molecule has 1 N–H and O–H groups in total. The van der Waals surface area contributed by atoms with Crippen molar-refractivity contribution in [3.05, 3.63) is 59.1 Å². The Labute approximate surface area is 150 Å². The first-order valence-corrected chi connectivity index (χ1v) is 9.28. The molecule has 25 heavy (non-hydrogen) atoms. The average molecular weight is 352 g/mol. The summed E-state index contributed by atoms with van der Waals surface area (Å²) in [6.07, 6.45) is 1.64. The minimum absolute atomic E-state index is 0.0562. The number of carbonyl (C=O) groups is 1. The van der Waals surface area contributed by atoms with Crippen molar-refractivity contribution in [1.82, 2.24) is 15.1 Å². The van der Waals surface area contributed by atoms with E-state index in [2.05, 4.69) is 46.3 Å². The number of aromatic amines is 1. The zero-order valence-electron chi connectivity index (χ0n) is 14.1. The largest absolute Gasteiger partial charge is 0.368 e. The monoisotopic (exact) mass is 352 g/mol. The summed E-state index contributed by atoms with van der Waals surface area (Å²) in [7, 11) is 0. The van der Waals surface area contributed by atoms with Crippen LogP contribution in [0.4, 0.5) is 5.69 Å². The molecule has 5 nitrogen and oxygen atoms in total. The van der Waals surface area contributed by atoms with Gasteiger partial charge in [0.25, 0.3) is 5.91 Å². The van der Waals surface area contributed by atoms with Gasteiger partial charge >= 0.3 is 0 Å². The molecule has 0 aliphatic carbocycles. The Balaban J connectivity index is 1.45. The molecule has 0 atom stereocenters. The number of hydrogen-bond donors (Lipinski definition) is 1. The van der Waals surface area contributed by atoms with Crippen LogP contribution >= 0.6 is 11.3 Å². The quantitative estimate of drug-likeness (QED) is 0.786. The number of anilines is 1. The Morgan fingerprint density at radius 2 is 1.88 bits per heavy atom. The fourth-order valence-electron chi connectivity index (χ4n) is 3.15. The summed E-state index contributed by atoms with van der Waals surface area (Å²) >= 11 is 1.61. The van der Waals surface area contributed by atoms with E-state index in [4.69, 9.17) is 0 Å². The number of piperazine rings is 1. The summed E-state index contributed by atoms with van der Waals surface area (Å²) < 4.78 is 0. The van der Waals surface area contributed by atoms with Gasteiger partial charge in [0.15, 0.2) is 0 Å². The molecular weight excluding hydrogens is 332 g/mol. The molecule has 1 fully saturated rings. The lowest BCUT2D eigenvalue weighted by Gasteiger charge is -2.36. The number of H-pyrrole nitrogens is 1. The van der Waals surface area contributed by atoms with Gasteiger partial charge < -0.3 is 9.80 Å². The number of nitrogens with zero attached hydrogens (tertiary/aromatic N) is 3. The van der Waals surface area contributed by atoms with Crippen molar-refractivity contribution in [1.29, 1.82) is 0 Å². The van der Waals surface area contributed by atoms with Crippen molar-refractivity contribution in [2.75, 3.05) is 31.1 Å². The van der Waals surface area contributed by atoms with E-state index >= 15 is 0 Å². The molecule has 1 aromatic carbocycles. The Morgan fingerprint density at radius 3 is 2.56 bits per heavy atom. The third kappa shape index (κ3) is 3.17. The molecular formula is C19H20N4OS. The van der Waals surface area contributed by atoms with E-state index in [1.54, 1.807) is 17.5 Å². The maximum absolute atomic E-state index is 12.9. The minimum Gasteiger partial charge on any atom is -0.368 e. The van der Waals surface area contributed by atoms with Gasteiger partial charge in [-0.2, -0.15) is 5.10 Å². The molecule has 1 amide bonds. The highest BCUT2D eigenvalue weighted by molar-refractivity contribution is 7.13. The number of hydrogen-bond acceptors (Lipinski definition) is 4. The van der Waals surface area contributed by atoms with Gasteiger partial charge in [-0.25, -0.2) is 0 Å². The highest BCUT2D eigenvalue weighted by atomic mass is 32.1. The summed E-state index contributed by atoms with van der Waals surface area (Å²) in [5.41, 5.74) is 3.96. The molecule has 3 aromatic rings. The van der Waals surface area contributed by atoms with E-state index in [1.165, 1.54) is 11.3 Å². The third-order valence-corrected chi connectivity index (χ3v) is 5.49. The first-order chi connectivity index (χ1) is 12.2. The molecule has 2 aromatic heterocycles. The van der Waals surface area contributed by atoms with Crippen LogP contribution in [0.15, 0.2) is 48.0 Å². The van der Waals surface area contributed by atoms with Crippen molar-refractivity contribution < 1.29 is 4.79 Å². The third-order valence-electron chi connectivity index (χ3n) is 4.60. The van der Waals surface area contributed by atoms with Crippen LogP contribution in [-0.2, 0) is 0 Å². The highest BCUT2D eigenvalue weighted by Crippen LogP contribution is 2.27. The molecule has 6 heteroatoms. The van der Waals surface area contributed by atoms with Crippen molar-refractivity contribution in [2.45, 2.75) is 6.92 Å². The molecule has 1 aliphatic heterocycles. The molecule has 0 bridgehead atoms. The second-order valence-electron chi connectivity index (χ2n) is 6.25. The van der Waals surface area contributed by atoms with E-state index in [-0.39, 0.29) is 5.91 Å². The number of nitrogens with one attached hydrogen (secondary N) is 1. The minimum atomic E-state index is 0.0562. The smallest absolute Gasteiger partial charge is 0.257 e. The maximum Gasteiger partial charge on any atom is 0.257 e. The zero-order chi connectivity index (χ0) is 17.2. The fraction of sp³-hybridized carbons (Fsp3) is 0.263. The lowest BCUT2D eigenvalue weighted by atomic mass is 10.1. The summed E-state index contributed by atoms with van der Waals surface area (Å²) in [5.74, 6) is 0.0562. The first-order valence-electron chi connectivity index (χ1n) is 8.40. The summed E-state index contributed by atoms with van der Waals surface area (Å²) in [5, 5.41) is 9.06. The van der Waals surface area contributed by atoms with Crippen LogP contribution in [-0.4, -0.2) is 47.2 Å². The number of aromatic nitrogens is 2. The van der Waals surface area contributed by atoms with E-state index < -0.39 is 0 Å². The van der Waals surface area contributed by atoms with E-state index in [9.17, 15) is 4.79 Å². The zero-order valence-corrected chi connectivity index (χ0v) is 14.9. The Kier molecular flexibility index (Phi) is 4.28. The average Bonchev–Trinajstić information content (AvgIpc) is 3.33. The molecule has 0 saturated carbocycles. The molecule has 0 spiro atoms. The Hall–Kier alpha value is -2.60. The topological polar surface area (TPSA) is 52.2 Å². The van der Waals surface area contributed by atoms with Crippen LogP contribution in [0, 0.1) is 6.92 Å². The molecule has 0 radical (unpaired) electrons. The second-order valence-corrected chi connectivity index (χ2v) is 7.20. The van der Waals surface area contributed by atoms with Gasteiger partial charge in [0.1, 0.15) is 0 Å². The van der Waals surface area contributed by atoms with Gasteiger partial charge in [0.2, 0.25) is 0 Å². The number of benzene rings is 1. The summed E-state index contributed by atoms with van der Waals surface area (Å²) in [6.45, 7) is 5.24. The fourth-order valence-corrected chi connectivity index (χ4v) is 3.88. The Bertz CT molecular complexity index is 846. The van der Waals surface area contributed by atoms with Crippen LogP contribution in [0.5, 0.6) is 0 Å². The van der Waals surface area contributed by atoms with Gasteiger partial charge in [-0.1, -0.05) is 23.8 Å². The number of thiophene rings is 1. The predicted molar refractivity (Wildman–Crippen MR) is 101 cm³/mol. The molecule has 128 valence electrons. The highest BCUT2D eigenvalue weighted by Gasteiger charge is 2.25.